The Labute approximate surface area is 165 Å². The van der Waals surface area contributed by atoms with Crippen LogP contribution in [0.1, 0.15) is 10.6 Å². The molecule has 4 heterocycles. The Morgan fingerprint density at radius 3 is 2.72 bits per heavy atom. The molecule has 5 rings (SSSR count). The van der Waals surface area contributed by atoms with Gasteiger partial charge in [0.2, 0.25) is 12.0 Å². The first kappa shape index (κ1) is 17.2. The Morgan fingerprint density at radius 2 is 1.97 bits per heavy atom. The first-order valence-electron chi connectivity index (χ1n) is 9.16. The van der Waals surface area contributed by atoms with E-state index in [0.29, 0.717) is 35.0 Å². The van der Waals surface area contributed by atoms with Crippen LogP contribution < -0.4 is 9.88 Å². The summed E-state index contributed by atoms with van der Waals surface area (Å²) in [6.07, 6.45) is 5.08. The largest absolute Gasteiger partial charge is 0.469 e. The number of anilines is 1. The van der Waals surface area contributed by atoms with Gasteiger partial charge in [0.15, 0.2) is 5.69 Å². The van der Waals surface area contributed by atoms with Crippen molar-refractivity contribution in [2.24, 2.45) is 0 Å². The third kappa shape index (κ3) is 3.16. The fraction of sp³-hybridized carbons (Fsp3) is 0.0909. The standard InChI is InChI=1S/C22H15FN4O2/c23-19-11-15(8-9-24-19)20-21-26-17(12-16-7-4-10-29-16)22(28)27(21)13-18(25-20)14-5-2-1-3-6-14/h1-11,13,17H,12H2/p+1. The van der Waals surface area contributed by atoms with E-state index in [2.05, 4.69) is 10.3 Å². The van der Waals surface area contributed by atoms with E-state index in [4.69, 9.17) is 9.40 Å². The quantitative estimate of drug-likeness (QED) is 0.429. The number of carbonyl (C=O) groups is 1. The second kappa shape index (κ2) is 6.94. The van der Waals surface area contributed by atoms with Gasteiger partial charge in [-0.25, -0.2) is 14.8 Å². The van der Waals surface area contributed by atoms with Gasteiger partial charge in [-0.05, 0) is 18.2 Å². The lowest BCUT2D eigenvalue weighted by molar-refractivity contribution is -0.551. The van der Waals surface area contributed by atoms with Gasteiger partial charge in [0.25, 0.3) is 0 Å². The number of rotatable bonds is 4. The van der Waals surface area contributed by atoms with Gasteiger partial charge in [-0.3, -0.25) is 5.32 Å². The van der Waals surface area contributed by atoms with Gasteiger partial charge in [-0.15, -0.1) is 0 Å². The lowest BCUT2D eigenvalue weighted by Gasteiger charge is -2.07. The van der Waals surface area contributed by atoms with Gasteiger partial charge >= 0.3 is 11.7 Å². The Bertz CT molecular complexity index is 1190. The number of hydrogen-bond acceptors (Lipinski definition) is 5. The molecule has 1 unspecified atom stereocenters. The molecule has 0 amide bonds. The predicted octanol–water partition coefficient (Wildman–Crippen LogP) is 3.51. The average Bonchev–Trinajstić information content (AvgIpc) is 3.37. The molecule has 6 nitrogen and oxygen atoms in total. The van der Waals surface area contributed by atoms with Crippen LogP contribution in [0, 0.1) is 5.95 Å². The molecule has 0 saturated heterocycles. The number of halogens is 1. The molecule has 1 atom stereocenters. The number of aromatic nitrogens is 3. The molecule has 0 radical (unpaired) electrons. The van der Waals surface area contributed by atoms with Crippen LogP contribution in [0.2, 0.25) is 0 Å². The number of carbonyl (C=O) groups excluding carboxylic acids is 1. The summed E-state index contributed by atoms with van der Waals surface area (Å²) in [5, 5.41) is 3.24. The van der Waals surface area contributed by atoms with Crippen LogP contribution in [0.3, 0.4) is 0 Å². The maximum absolute atomic E-state index is 13.8. The van der Waals surface area contributed by atoms with Gasteiger partial charge in [0.1, 0.15) is 17.7 Å². The molecule has 7 heteroatoms. The normalized spacial score (nSPS) is 15.2. The Morgan fingerprint density at radius 1 is 1.10 bits per heavy atom. The van der Waals surface area contributed by atoms with E-state index in [1.807, 2.05) is 36.4 Å². The highest BCUT2D eigenvalue weighted by atomic mass is 19.1. The minimum Gasteiger partial charge on any atom is -0.469 e. The lowest BCUT2D eigenvalue weighted by Crippen LogP contribution is -2.43. The zero-order valence-electron chi connectivity index (χ0n) is 15.2. The van der Waals surface area contributed by atoms with Crippen molar-refractivity contribution < 1.29 is 18.2 Å². The summed E-state index contributed by atoms with van der Waals surface area (Å²) in [7, 11) is 0. The fourth-order valence-corrected chi connectivity index (χ4v) is 3.48. The highest BCUT2D eigenvalue weighted by Crippen LogP contribution is 2.30. The van der Waals surface area contributed by atoms with Crippen LogP contribution in [-0.2, 0) is 6.42 Å². The smallest absolute Gasteiger partial charge is 0.359 e. The Kier molecular flexibility index (Phi) is 4.13. The van der Waals surface area contributed by atoms with Gasteiger partial charge < -0.3 is 4.42 Å². The summed E-state index contributed by atoms with van der Waals surface area (Å²) in [6.45, 7) is 0. The van der Waals surface area contributed by atoms with Gasteiger partial charge in [0, 0.05) is 23.4 Å². The maximum atomic E-state index is 13.8. The molecule has 29 heavy (non-hydrogen) atoms. The topological polar surface area (TPSA) is 71.9 Å². The van der Waals surface area contributed by atoms with Crippen LogP contribution >= 0.6 is 0 Å². The Balaban J connectivity index is 1.64. The predicted molar refractivity (Wildman–Crippen MR) is 104 cm³/mol. The summed E-state index contributed by atoms with van der Waals surface area (Å²) in [6, 6.07) is 15.6. The molecule has 0 bridgehead atoms. The van der Waals surface area contributed by atoms with Crippen molar-refractivity contribution in [1.29, 1.82) is 0 Å². The molecule has 0 aliphatic carbocycles. The highest BCUT2D eigenvalue weighted by Gasteiger charge is 2.42. The van der Waals surface area contributed by atoms with E-state index >= 15 is 0 Å². The third-order valence-corrected chi connectivity index (χ3v) is 4.85. The number of fused-ring (bicyclic) bond motifs is 1. The van der Waals surface area contributed by atoms with Gasteiger partial charge in [-0.2, -0.15) is 8.96 Å². The van der Waals surface area contributed by atoms with Crippen LogP contribution in [-0.4, -0.2) is 21.9 Å². The van der Waals surface area contributed by atoms with Crippen molar-refractivity contribution in [3.63, 3.8) is 0 Å². The van der Waals surface area contributed by atoms with Crippen molar-refractivity contribution in [1.82, 2.24) is 9.97 Å². The van der Waals surface area contributed by atoms with E-state index in [-0.39, 0.29) is 5.91 Å². The van der Waals surface area contributed by atoms with Crippen LogP contribution in [0.5, 0.6) is 0 Å². The minimum atomic E-state index is -0.607. The first-order chi connectivity index (χ1) is 14.2. The third-order valence-electron chi connectivity index (χ3n) is 4.85. The molecule has 0 fully saturated rings. The molecule has 1 aliphatic rings. The molecule has 1 aliphatic heterocycles. The second-order valence-electron chi connectivity index (χ2n) is 6.75. The van der Waals surface area contributed by atoms with Crippen molar-refractivity contribution in [2.75, 3.05) is 5.32 Å². The molecule has 3 aromatic heterocycles. The van der Waals surface area contributed by atoms with Gasteiger partial charge in [-0.1, -0.05) is 30.3 Å². The summed E-state index contributed by atoms with van der Waals surface area (Å²) in [4.78, 5) is 21.5. The first-order valence-corrected chi connectivity index (χ1v) is 9.16. The number of nitrogens with one attached hydrogen (secondary N) is 1. The number of nitrogens with zero attached hydrogens (tertiary/aromatic N) is 3. The Hall–Kier alpha value is -3.87. The number of furan rings is 1. The molecule has 0 saturated carbocycles. The lowest BCUT2D eigenvalue weighted by atomic mass is 10.1. The molecular weight excluding hydrogens is 371 g/mol. The van der Waals surface area contributed by atoms with Crippen LogP contribution in [0.15, 0.2) is 77.7 Å². The summed E-state index contributed by atoms with van der Waals surface area (Å²) in [5.41, 5.74) is 2.51. The number of hydrogen-bond donors (Lipinski definition) is 1. The van der Waals surface area contributed by atoms with E-state index in [9.17, 15) is 9.18 Å². The summed E-state index contributed by atoms with van der Waals surface area (Å²) < 4.78 is 20.7. The summed E-state index contributed by atoms with van der Waals surface area (Å²) in [5.74, 6) is 0.505. The molecule has 142 valence electrons. The zero-order chi connectivity index (χ0) is 19.8. The van der Waals surface area contributed by atoms with Crippen LogP contribution in [0.4, 0.5) is 10.2 Å². The average molecular weight is 387 g/mol. The van der Waals surface area contributed by atoms with Gasteiger partial charge in [0.05, 0.1) is 12.7 Å². The van der Waals surface area contributed by atoms with Crippen molar-refractivity contribution in [3.8, 4) is 22.5 Å². The SMILES string of the molecule is O=C1C(Cc2ccco2)Nc2c(-c3ccnc(F)c3)nc(-c3ccccc3)c[n+]21. The van der Waals surface area contributed by atoms with E-state index in [0.717, 1.165) is 5.56 Å². The van der Waals surface area contributed by atoms with E-state index < -0.39 is 12.0 Å². The van der Waals surface area contributed by atoms with Crippen molar-refractivity contribution in [2.45, 2.75) is 12.5 Å². The second-order valence-corrected chi connectivity index (χ2v) is 6.75. The maximum Gasteiger partial charge on any atom is 0.359 e. The fourth-order valence-electron chi connectivity index (χ4n) is 3.48. The molecule has 4 aromatic rings. The van der Waals surface area contributed by atoms with Crippen molar-refractivity contribution >= 4 is 11.7 Å². The summed E-state index contributed by atoms with van der Waals surface area (Å²) >= 11 is 0. The zero-order valence-corrected chi connectivity index (χ0v) is 15.2. The monoisotopic (exact) mass is 387 g/mol. The van der Waals surface area contributed by atoms with E-state index in [1.165, 1.54) is 12.3 Å². The molecule has 0 spiro atoms. The number of benzene rings is 1. The van der Waals surface area contributed by atoms with Crippen molar-refractivity contribution in [3.05, 3.63) is 85.0 Å². The van der Waals surface area contributed by atoms with E-state index in [1.54, 1.807) is 29.2 Å². The highest BCUT2D eigenvalue weighted by molar-refractivity contribution is 5.86. The number of pyridine rings is 1. The van der Waals surface area contributed by atoms with Crippen LogP contribution in [0.25, 0.3) is 22.5 Å². The molecular formula is C22H16FN4O2+. The minimum absolute atomic E-state index is 0.119. The molecule has 1 aromatic carbocycles. The molecule has 1 N–H and O–H groups in total.